The molecule has 4 heteroatoms. The van der Waals surface area contributed by atoms with E-state index in [1.54, 1.807) is 0 Å². The number of hydrogen-bond acceptors (Lipinski definition) is 3. The van der Waals surface area contributed by atoms with Gasteiger partial charge in [0, 0.05) is 26.2 Å². The first-order valence-electron chi connectivity index (χ1n) is 5.76. The van der Waals surface area contributed by atoms with E-state index < -0.39 is 0 Å². The van der Waals surface area contributed by atoms with Crippen molar-refractivity contribution in [2.24, 2.45) is 11.3 Å². The van der Waals surface area contributed by atoms with Gasteiger partial charge in [-0.1, -0.05) is 6.92 Å². The summed E-state index contributed by atoms with van der Waals surface area (Å²) in [5, 5.41) is 12.5. The van der Waals surface area contributed by atoms with Crippen molar-refractivity contribution in [2.45, 2.75) is 19.8 Å². The number of nitrogens with zero attached hydrogens (tertiary/aromatic N) is 1. The van der Waals surface area contributed by atoms with E-state index in [1.807, 2.05) is 0 Å². The molecular formula is C11H23ClN2O. The van der Waals surface area contributed by atoms with Crippen LogP contribution in [0.5, 0.6) is 0 Å². The average Bonchev–Trinajstić information content (AvgIpc) is 2.75. The van der Waals surface area contributed by atoms with Gasteiger partial charge in [0.25, 0.3) is 0 Å². The zero-order chi connectivity index (χ0) is 10.0. The average molecular weight is 235 g/mol. The number of likely N-dealkylation sites (tertiary alicyclic amines) is 1. The number of nitrogens with one attached hydrogen (secondary N) is 1. The normalized spacial score (nSPS) is 36.8. The summed E-state index contributed by atoms with van der Waals surface area (Å²) in [6, 6.07) is 0. The lowest BCUT2D eigenvalue weighted by atomic mass is 9.89. The van der Waals surface area contributed by atoms with Crippen LogP contribution >= 0.6 is 12.4 Å². The predicted octanol–water partition coefficient (Wildman–Crippen LogP) is 0.722. The Bertz CT molecular complexity index is 195. The predicted molar refractivity (Wildman–Crippen MR) is 64.5 cm³/mol. The number of halogens is 1. The van der Waals surface area contributed by atoms with Gasteiger partial charge in [0.2, 0.25) is 0 Å². The third kappa shape index (κ3) is 3.31. The van der Waals surface area contributed by atoms with E-state index in [-0.39, 0.29) is 12.4 Å². The fourth-order valence-corrected chi connectivity index (χ4v) is 2.75. The fourth-order valence-electron chi connectivity index (χ4n) is 2.75. The Kier molecular flexibility index (Phi) is 4.84. The molecule has 0 aromatic rings. The van der Waals surface area contributed by atoms with Crippen molar-refractivity contribution in [1.82, 2.24) is 10.2 Å². The first-order chi connectivity index (χ1) is 6.72. The Morgan fingerprint density at radius 3 is 2.87 bits per heavy atom. The zero-order valence-corrected chi connectivity index (χ0v) is 10.4. The molecule has 0 amide bonds. The Hall–Kier alpha value is 0.170. The monoisotopic (exact) mass is 234 g/mol. The van der Waals surface area contributed by atoms with Crippen LogP contribution in [0.3, 0.4) is 0 Å². The van der Waals surface area contributed by atoms with Crippen LogP contribution in [0.4, 0.5) is 0 Å². The van der Waals surface area contributed by atoms with Crippen LogP contribution in [-0.4, -0.2) is 49.3 Å². The van der Waals surface area contributed by atoms with Crippen molar-refractivity contribution in [3.63, 3.8) is 0 Å². The zero-order valence-electron chi connectivity index (χ0n) is 9.54. The Morgan fingerprint density at radius 1 is 1.53 bits per heavy atom. The number of aliphatic hydroxyl groups excluding tert-OH is 1. The van der Waals surface area contributed by atoms with Gasteiger partial charge < -0.3 is 15.3 Å². The molecule has 0 bridgehead atoms. The van der Waals surface area contributed by atoms with Gasteiger partial charge in [0.05, 0.1) is 0 Å². The number of rotatable bonds is 3. The Labute approximate surface area is 98.6 Å². The first kappa shape index (κ1) is 13.2. The third-order valence-corrected chi connectivity index (χ3v) is 3.69. The molecule has 2 rings (SSSR count). The smallest absolute Gasteiger partial charge is 0.0471 e. The molecule has 2 atom stereocenters. The summed E-state index contributed by atoms with van der Waals surface area (Å²) in [5.41, 5.74) is 0.477. The molecule has 2 aliphatic heterocycles. The molecule has 2 saturated heterocycles. The van der Waals surface area contributed by atoms with Gasteiger partial charge in [0.1, 0.15) is 0 Å². The summed E-state index contributed by atoms with van der Waals surface area (Å²) in [4.78, 5) is 2.52. The van der Waals surface area contributed by atoms with Gasteiger partial charge in [-0.3, -0.25) is 0 Å². The second-order valence-corrected chi connectivity index (χ2v) is 5.31. The molecule has 90 valence electrons. The highest BCUT2D eigenvalue weighted by molar-refractivity contribution is 5.85. The SMILES string of the molecule is CC1(CN2CCC(CO)C2)CCNC1.Cl. The highest BCUT2D eigenvalue weighted by Gasteiger charge is 2.33. The maximum atomic E-state index is 9.07. The molecule has 0 aromatic carbocycles. The van der Waals surface area contributed by atoms with E-state index >= 15 is 0 Å². The van der Waals surface area contributed by atoms with Crippen molar-refractivity contribution < 1.29 is 5.11 Å². The summed E-state index contributed by atoms with van der Waals surface area (Å²) in [7, 11) is 0. The quantitative estimate of drug-likeness (QED) is 0.756. The van der Waals surface area contributed by atoms with Crippen LogP contribution in [0.1, 0.15) is 19.8 Å². The van der Waals surface area contributed by atoms with Crippen LogP contribution in [-0.2, 0) is 0 Å². The minimum Gasteiger partial charge on any atom is -0.396 e. The summed E-state index contributed by atoms with van der Waals surface area (Å²) in [6.07, 6.45) is 2.48. The van der Waals surface area contributed by atoms with Gasteiger partial charge in [-0.05, 0) is 37.3 Å². The maximum Gasteiger partial charge on any atom is 0.0471 e. The molecule has 2 unspecified atom stereocenters. The van der Waals surface area contributed by atoms with Crippen LogP contribution in [0.2, 0.25) is 0 Å². The molecule has 0 spiro atoms. The van der Waals surface area contributed by atoms with Crippen molar-refractivity contribution in [3.8, 4) is 0 Å². The van der Waals surface area contributed by atoms with E-state index in [0.717, 1.165) is 13.1 Å². The van der Waals surface area contributed by atoms with Crippen LogP contribution < -0.4 is 5.32 Å². The standard InChI is InChI=1S/C11H22N2O.ClH/c1-11(3-4-12-8-11)9-13-5-2-10(6-13)7-14;/h10,12,14H,2-9H2,1H3;1H. The maximum absolute atomic E-state index is 9.07. The van der Waals surface area contributed by atoms with Crippen molar-refractivity contribution in [1.29, 1.82) is 0 Å². The van der Waals surface area contributed by atoms with E-state index in [0.29, 0.717) is 17.9 Å². The molecule has 2 heterocycles. The van der Waals surface area contributed by atoms with Crippen LogP contribution in [0, 0.1) is 11.3 Å². The highest BCUT2D eigenvalue weighted by Crippen LogP contribution is 2.28. The Balaban J connectivity index is 0.00000112. The van der Waals surface area contributed by atoms with Gasteiger partial charge in [0.15, 0.2) is 0 Å². The van der Waals surface area contributed by atoms with Crippen molar-refractivity contribution >= 4 is 12.4 Å². The number of aliphatic hydroxyl groups is 1. The summed E-state index contributed by atoms with van der Waals surface area (Å²) >= 11 is 0. The van der Waals surface area contributed by atoms with E-state index in [1.165, 1.54) is 32.5 Å². The lowest BCUT2D eigenvalue weighted by Crippen LogP contribution is -2.36. The molecule has 15 heavy (non-hydrogen) atoms. The molecule has 3 nitrogen and oxygen atoms in total. The number of hydrogen-bond donors (Lipinski definition) is 2. The van der Waals surface area contributed by atoms with Gasteiger partial charge in [-0.15, -0.1) is 12.4 Å². The van der Waals surface area contributed by atoms with Crippen molar-refractivity contribution in [2.75, 3.05) is 39.3 Å². The van der Waals surface area contributed by atoms with E-state index in [9.17, 15) is 0 Å². The Morgan fingerprint density at radius 2 is 2.33 bits per heavy atom. The van der Waals surface area contributed by atoms with E-state index in [4.69, 9.17) is 5.11 Å². The lowest BCUT2D eigenvalue weighted by molar-refractivity contribution is 0.185. The summed E-state index contributed by atoms with van der Waals surface area (Å²) in [6.45, 7) is 8.56. The second-order valence-electron chi connectivity index (χ2n) is 5.31. The molecule has 2 aliphatic rings. The molecular weight excluding hydrogens is 212 g/mol. The largest absolute Gasteiger partial charge is 0.396 e. The molecule has 0 aromatic heterocycles. The third-order valence-electron chi connectivity index (χ3n) is 3.69. The molecule has 2 fully saturated rings. The minimum atomic E-state index is 0. The van der Waals surface area contributed by atoms with Gasteiger partial charge in [-0.25, -0.2) is 0 Å². The lowest BCUT2D eigenvalue weighted by Gasteiger charge is -2.29. The minimum absolute atomic E-state index is 0. The first-order valence-corrected chi connectivity index (χ1v) is 5.76. The second kappa shape index (κ2) is 5.48. The fraction of sp³-hybridized carbons (Fsp3) is 1.00. The van der Waals surface area contributed by atoms with Gasteiger partial charge >= 0.3 is 0 Å². The molecule has 0 aliphatic carbocycles. The molecule has 2 N–H and O–H groups in total. The summed E-state index contributed by atoms with van der Waals surface area (Å²) in [5.74, 6) is 0.535. The molecule has 0 radical (unpaired) electrons. The molecule has 0 saturated carbocycles. The van der Waals surface area contributed by atoms with Crippen LogP contribution in [0.25, 0.3) is 0 Å². The summed E-state index contributed by atoms with van der Waals surface area (Å²) < 4.78 is 0. The van der Waals surface area contributed by atoms with E-state index in [2.05, 4.69) is 17.1 Å². The van der Waals surface area contributed by atoms with Crippen molar-refractivity contribution in [3.05, 3.63) is 0 Å². The van der Waals surface area contributed by atoms with Crippen LogP contribution in [0.15, 0.2) is 0 Å². The topological polar surface area (TPSA) is 35.5 Å². The highest BCUT2D eigenvalue weighted by atomic mass is 35.5. The van der Waals surface area contributed by atoms with Gasteiger partial charge in [-0.2, -0.15) is 0 Å².